The fraction of sp³-hybridized carbons (Fsp3) is 0.190. The number of ether oxygens (including phenoxy) is 2. The van der Waals surface area contributed by atoms with Gasteiger partial charge in [-0.15, -0.1) is 0 Å². The molecule has 5 nitrogen and oxygen atoms in total. The number of rotatable bonds is 7. The van der Waals surface area contributed by atoms with Crippen LogP contribution in [-0.4, -0.2) is 24.2 Å². The number of methoxy groups -OCH3 is 2. The van der Waals surface area contributed by atoms with Crippen LogP contribution in [0, 0.1) is 0 Å². The minimum atomic E-state index is 0.545. The molecule has 0 aliphatic rings. The van der Waals surface area contributed by atoms with Crippen LogP contribution < -0.4 is 14.8 Å². The fourth-order valence-electron chi connectivity index (χ4n) is 2.74. The van der Waals surface area contributed by atoms with Crippen LogP contribution in [0.4, 0.5) is 5.69 Å². The Morgan fingerprint density at radius 2 is 1.93 bits per heavy atom. The highest BCUT2D eigenvalue weighted by atomic mass is 79.9. The maximum Gasteiger partial charge on any atom is 0.174 e. The molecule has 0 amide bonds. The molecule has 3 aromatic rings. The summed E-state index contributed by atoms with van der Waals surface area (Å²) >= 11 is 9.23. The summed E-state index contributed by atoms with van der Waals surface area (Å²) in [4.78, 5) is 2.04. The summed E-state index contributed by atoms with van der Waals surface area (Å²) in [5.41, 5.74) is 1.90. The van der Waals surface area contributed by atoms with Crippen LogP contribution in [0.25, 0.3) is 0 Å². The normalized spacial score (nSPS) is 10.4. The van der Waals surface area contributed by atoms with Crippen molar-refractivity contribution in [2.75, 3.05) is 19.5 Å². The molecule has 28 heavy (non-hydrogen) atoms. The van der Waals surface area contributed by atoms with Gasteiger partial charge in [0, 0.05) is 17.1 Å². The Kier molecular flexibility index (Phi) is 6.95. The lowest BCUT2D eigenvalue weighted by atomic mass is 10.2. The third-order valence-corrected chi connectivity index (χ3v) is 4.98. The maximum absolute atomic E-state index is 5.71. The van der Waals surface area contributed by atoms with Gasteiger partial charge in [-0.1, -0.05) is 28.1 Å². The summed E-state index contributed by atoms with van der Waals surface area (Å²) in [7, 11) is 3.24. The van der Waals surface area contributed by atoms with Gasteiger partial charge in [-0.2, -0.15) is 0 Å². The minimum absolute atomic E-state index is 0.545. The molecule has 0 bridgehead atoms. The molecule has 0 atom stereocenters. The molecule has 1 heterocycles. The molecule has 0 spiro atoms. The Morgan fingerprint density at radius 3 is 2.61 bits per heavy atom. The van der Waals surface area contributed by atoms with Crippen molar-refractivity contribution in [2.24, 2.45) is 0 Å². The van der Waals surface area contributed by atoms with Gasteiger partial charge in [0.1, 0.15) is 17.3 Å². The average Bonchev–Trinajstić information content (AvgIpc) is 3.21. The molecule has 0 fully saturated rings. The lowest BCUT2D eigenvalue weighted by Gasteiger charge is -2.26. The molecule has 0 radical (unpaired) electrons. The van der Waals surface area contributed by atoms with Gasteiger partial charge in [0.15, 0.2) is 5.11 Å². The largest absolute Gasteiger partial charge is 0.497 e. The summed E-state index contributed by atoms with van der Waals surface area (Å²) in [5, 5.41) is 3.85. The second-order valence-corrected chi connectivity index (χ2v) is 7.36. The predicted molar refractivity (Wildman–Crippen MR) is 118 cm³/mol. The summed E-state index contributed by atoms with van der Waals surface area (Å²) in [6.45, 7) is 1.17. The SMILES string of the molecule is COc1ccc(NC(=S)N(Cc2cccc(Br)c2)Cc2ccco2)c(OC)c1. The van der Waals surface area contributed by atoms with E-state index in [1.165, 1.54) is 0 Å². The van der Waals surface area contributed by atoms with Gasteiger partial charge in [0.05, 0.1) is 32.7 Å². The zero-order valence-corrected chi connectivity index (χ0v) is 18.0. The van der Waals surface area contributed by atoms with Crippen LogP contribution >= 0.6 is 28.1 Å². The molecule has 1 N–H and O–H groups in total. The maximum atomic E-state index is 5.71. The third-order valence-electron chi connectivity index (χ3n) is 4.13. The van der Waals surface area contributed by atoms with Crippen molar-refractivity contribution in [3.05, 3.63) is 76.7 Å². The molecular weight excluding hydrogens is 440 g/mol. The van der Waals surface area contributed by atoms with Gasteiger partial charge in [-0.25, -0.2) is 0 Å². The van der Waals surface area contributed by atoms with E-state index in [4.69, 9.17) is 26.1 Å². The first-order chi connectivity index (χ1) is 13.6. The van der Waals surface area contributed by atoms with Gasteiger partial charge in [-0.05, 0) is 54.2 Å². The fourth-order valence-corrected chi connectivity index (χ4v) is 3.43. The molecule has 146 valence electrons. The first-order valence-electron chi connectivity index (χ1n) is 8.64. The Balaban J connectivity index is 1.81. The monoisotopic (exact) mass is 460 g/mol. The second kappa shape index (κ2) is 9.61. The van der Waals surface area contributed by atoms with Gasteiger partial charge in [-0.3, -0.25) is 0 Å². The molecule has 0 aliphatic carbocycles. The van der Waals surface area contributed by atoms with E-state index in [-0.39, 0.29) is 0 Å². The molecule has 0 saturated carbocycles. The van der Waals surface area contributed by atoms with E-state index in [1.807, 2.05) is 47.4 Å². The minimum Gasteiger partial charge on any atom is -0.497 e. The van der Waals surface area contributed by atoms with E-state index >= 15 is 0 Å². The number of hydrogen-bond acceptors (Lipinski definition) is 4. The lowest BCUT2D eigenvalue weighted by molar-refractivity contribution is 0.360. The first kappa shape index (κ1) is 20.2. The molecule has 0 aliphatic heterocycles. The number of nitrogens with zero attached hydrogens (tertiary/aromatic N) is 1. The van der Waals surface area contributed by atoms with Crippen molar-refractivity contribution in [3.63, 3.8) is 0 Å². The summed E-state index contributed by atoms with van der Waals surface area (Å²) in [5.74, 6) is 2.21. The van der Waals surface area contributed by atoms with Crippen molar-refractivity contribution in [2.45, 2.75) is 13.1 Å². The zero-order chi connectivity index (χ0) is 19.9. The van der Waals surface area contributed by atoms with Gasteiger partial charge < -0.3 is 24.1 Å². The van der Waals surface area contributed by atoms with Crippen molar-refractivity contribution in [1.82, 2.24) is 4.90 Å². The highest BCUT2D eigenvalue weighted by Crippen LogP contribution is 2.29. The molecule has 0 saturated heterocycles. The van der Waals surface area contributed by atoms with Crippen LogP contribution in [-0.2, 0) is 13.1 Å². The molecule has 7 heteroatoms. The third kappa shape index (κ3) is 5.27. The number of anilines is 1. The van der Waals surface area contributed by atoms with Crippen molar-refractivity contribution < 1.29 is 13.9 Å². The quantitative estimate of drug-likeness (QED) is 0.472. The first-order valence-corrected chi connectivity index (χ1v) is 9.84. The topological polar surface area (TPSA) is 46.9 Å². The smallest absolute Gasteiger partial charge is 0.174 e. The van der Waals surface area contributed by atoms with Crippen molar-refractivity contribution in [3.8, 4) is 11.5 Å². The predicted octanol–water partition coefficient (Wildman–Crippen LogP) is 5.46. The molecular formula is C21H21BrN2O3S. The number of halogens is 1. The molecule has 0 unspecified atom stereocenters. The molecule has 2 aromatic carbocycles. The van der Waals surface area contributed by atoms with E-state index in [0.717, 1.165) is 27.2 Å². The second-order valence-electron chi connectivity index (χ2n) is 6.06. The van der Waals surface area contributed by atoms with Crippen LogP contribution in [0.1, 0.15) is 11.3 Å². The number of benzene rings is 2. The van der Waals surface area contributed by atoms with Crippen molar-refractivity contribution >= 4 is 38.9 Å². The van der Waals surface area contributed by atoms with Crippen LogP contribution in [0.3, 0.4) is 0 Å². The van der Waals surface area contributed by atoms with Crippen LogP contribution in [0.15, 0.2) is 69.8 Å². The van der Waals surface area contributed by atoms with E-state index in [0.29, 0.717) is 24.0 Å². The Bertz CT molecular complexity index is 931. The van der Waals surface area contributed by atoms with E-state index < -0.39 is 0 Å². The number of hydrogen-bond donors (Lipinski definition) is 1. The standard InChI is InChI=1S/C21H21BrN2O3S/c1-25-17-8-9-19(20(12-17)26-2)23-21(28)24(14-18-7-4-10-27-18)13-15-5-3-6-16(22)11-15/h3-12H,13-14H2,1-2H3,(H,23,28). The summed E-state index contributed by atoms with van der Waals surface area (Å²) in [6.07, 6.45) is 1.66. The highest BCUT2D eigenvalue weighted by molar-refractivity contribution is 9.10. The van der Waals surface area contributed by atoms with Crippen molar-refractivity contribution in [1.29, 1.82) is 0 Å². The Labute approximate surface area is 178 Å². The summed E-state index contributed by atoms with van der Waals surface area (Å²) in [6, 6.07) is 17.5. The Morgan fingerprint density at radius 1 is 1.07 bits per heavy atom. The van der Waals surface area contributed by atoms with Gasteiger partial charge in [0.25, 0.3) is 0 Å². The van der Waals surface area contributed by atoms with E-state index in [2.05, 4.69) is 33.4 Å². The van der Waals surface area contributed by atoms with Crippen LogP contribution in [0.5, 0.6) is 11.5 Å². The number of nitrogens with one attached hydrogen (secondary N) is 1. The van der Waals surface area contributed by atoms with E-state index in [9.17, 15) is 0 Å². The average molecular weight is 461 g/mol. The van der Waals surface area contributed by atoms with Gasteiger partial charge in [0.2, 0.25) is 0 Å². The Hall–Kier alpha value is -2.51. The number of thiocarbonyl (C=S) groups is 1. The van der Waals surface area contributed by atoms with Gasteiger partial charge >= 0.3 is 0 Å². The number of furan rings is 1. The lowest BCUT2D eigenvalue weighted by Crippen LogP contribution is -2.33. The highest BCUT2D eigenvalue weighted by Gasteiger charge is 2.15. The molecule has 3 rings (SSSR count). The van der Waals surface area contributed by atoms with Crippen LogP contribution in [0.2, 0.25) is 0 Å². The molecule has 1 aromatic heterocycles. The summed E-state index contributed by atoms with van der Waals surface area (Å²) < 4.78 is 17.3. The zero-order valence-electron chi connectivity index (χ0n) is 15.6. The van der Waals surface area contributed by atoms with E-state index in [1.54, 1.807) is 20.5 Å².